The van der Waals surface area contributed by atoms with Gasteiger partial charge >= 0.3 is 0 Å². The van der Waals surface area contributed by atoms with Crippen LogP contribution in [0.2, 0.25) is 0 Å². The molecule has 6 nitrogen and oxygen atoms in total. The lowest BCUT2D eigenvalue weighted by atomic mass is 10.2. The number of hydrogen-bond donors (Lipinski definition) is 1. The molecule has 3 rings (SSSR count). The molecule has 7 heteroatoms. The third-order valence-corrected chi connectivity index (χ3v) is 4.81. The Hall–Kier alpha value is -2.80. The van der Waals surface area contributed by atoms with Gasteiger partial charge in [0.2, 0.25) is 0 Å². The maximum Gasteiger partial charge on any atom is 0.266 e. The molecular formula is C19H21N3O3S. The second kappa shape index (κ2) is 7.61. The fourth-order valence-electron chi connectivity index (χ4n) is 2.53. The Morgan fingerprint density at radius 3 is 2.73 bits per heavy atom. The number of nitrogens with one attached hydrogen (secondary N) is 1. The normalized spacial score (nSPS) is 10.6. The molecule has 0 saturated carbocycles. The molecular weight excluding hydrogens is 350 g/mol. The number of hydrogen-bond acceptors (Lipinski definition) is 5. The summed E-state index contributed by atoms with van der Waals surface area (Å²) >= 11 is 1.38. The number of anilines is 1. The quantitative estimate of drug-likeness (QED) is 0.713. The number of rotatable bonds is 6. The highest BCUT2D eigenvalue weighted by molar-refractivity contribution is 7.12. The van der Waals surface area contributed by atoms with Crippen LogP contribution in [-0.2, 0) is 13.7 Å². The van der Waals surface area contributed by atoms with E-state index in [-0.39, 0.29) is 5.91 Å². The highest BCUT2D eigenvalue weighted by Gasteiger charge is 2.13. The van der Waals surface area contributed by atoms with Crippen LogP contribution in [-0.4, -0.2) is 22.8 Å². The van der Waals surface area contributed by atoms with Crippen molar-refractivity contribution >= 4 is 23.1 Å². The van der Waals surface area contributed by atoms with Crippen LogP contribution in [0.5, 0.6) is 11.5 Å². The van der Waals surface area contributed by atoms with E-state index in [0.29, 0.717) is 28.8 Å². The maximum atomic E-state index is 12.4. The van der Waals surface area contributed by atoms with E-state index < -0.39 is 0 Å². The number of aryl methyl sites for hydroxylation is 3. The number of carbonyl (C=O) groups excluding carboxylic acids is 1. The van der Waals surface area contributed by atoms with E-state index >= 15 is 0 Å². The molecule has 0 spiro atoms. The highest BCUT2D eigenvalue weighted by atomic mass is 32.1. The molecule has 0 unspecified atom stereocenters. The van der Waals surface area contributed by atoms with Crippen LogP contribution in [0.15, 0.2) is 35.7 Å². The number of methoxy groups -OCH3 is 1. The highest BCUT2D eigenvalue weighted by Crippen LogP contribution is 2.29. The van der Waals surface area contributed by atoms with Crippen molar-refractivity contribution in [2.75, 3.05) is 12.4 Å². The number of benzene rings is 1. The zero-order chi connectivity index (χ0) is 18.7. The van der Waals surface area contributed by atoms with E-state index in [1.165, 1.54) is 11.3 Å². The minimum Gasteiger partial charge on any atom is -0.493 e. The second-order valence-corrected chi connectivity index (χ2v) is 6.92. The maximum absolute atomic E-state index is 12.4. The van der Waals surface area contributed by atoms with Crippen molar-refractivity contribution in [2.24, 2.45) is 7.05 Å². The minimum atomic E-state index is -0.155. The minimum absolute atomic E-state index is 0.155. The summed E-state index contributed by atoms with van der Waals surface area (Å²) in [6, 6.07) is 9.46. The Morgan fingerprint density at radius 1 is 1.23 bits per heavy atom. The molecule has 0 aliphatic rings. The largest absolute Gasteiger partial charge is 0.493 e. The molecule has 0 atom stereocenters. The third kappa shape index (κ3) is 4.05. The smallest absolute Gasteiger partial charge is 0.266 e. The van der Waals surface area contributed by atoms with Gasteiger partial charge in [-0.2, -0.15) is 5.10 Å². The van der Waals surface area contributed by atoms with E-state index in [9.17, 15) is 4.79 Å². The van der Waals surface area contributed by atoms with Crippen LogP contribution in [0, 0.1) is 13.8 Å². The zero-order valence-corrected chi connectivity index (χ0v) is 16.0. The van der Waals surface area contributed by atoms with Crippen molar-refractivity contribution in [3.63, 3.8) is 0 Å². The van der Waals surface area contributed by atoms with E-state index in [1.807, 2.05) is 49.6 Å². The standard InChI is InChI=1S/C19H21N3O3S/c1-12-5-6-15(16(7-12)24-4)25-10-14-9-17(26-11-14)19(23)20-18-8-13(2)21-22(18)3/h5-9,11H,10H2,1-4H3,(H,20,23). The molecule has 0 bridgehead atoms. The van der Waals surface area contributed by atoms with Crippen LogP contribution in [0.25, 0.3) is 0 Å². The molecule has 1 N–H and O–H groups in total. The second-order valence-electron chi connectivity index (χ2n) is 6.01. The molecule has 2 aromatic heterocycles. The Morgan fingerprint density at radius 2 is 2.04 bits per heavy atom. The molecule has 2 heterocycles. The molecule has 0 aliphatic heterocycles. The summed E-state index contributed by atoms with van der Waals surface area (Å²) in [5.41, 5.74) is 2.90. The topological polar surface area (TPSA) is 65.4 Å². The molecule has 0 fully saturated rings. The first-order valence-corrected chi connectivity index (χ1v) is 9.01. The van der Waals surface area contributed by atoms with E-state index in [2.05, 4.69) is 10.4 Å². The van der Waals surface area contributed by atoms with Gasteiger partial charge in [0.05, 0.1) is 17.7 Å². The van der Waals surface area contributed by atoms with Crippen molar-refractivity contribution in [1.29, 1.82) is 0 Å². The lowest BCUT2D eigenvalue weighted by Crippen LogP contribution is -2.13. The summed E-state index contributed by atoms with van der Waals surface area (Å²) < 4.78 is 12.8. The molecule has 1 amide bonds. The van der Waals surface area contributed by atoms with Crippen LogP contribution in [0.3, 0.4) is 0 Å². The van der Waals surface area contributed by atoms with E-state index in [4.69, 9.17) is 9.47 Å². The first-order chi connectivity index (χ1) is 12.5. The summed E-state index contributed by atoms with van der Waals surface area (Å²) in [5, 5.41) is 9.01. The number of nitrogens with zero attached hydrogens (tertiary/aromatic N) is 2. The van der Waals surface area contributed by atoms with E-state index in [0.717, 1.165) is 16.8 Å². The molecule has 0 aliphatic carbocycles. The molecule has 26 heavy (non-hydrogen) atoms. The van der Waals surface area contributed by atoms with Gasteiger partial charge in [0.15, 0.2) is 11.5 Å². The number of carbonyl (C=O) groups is 1. The van der Waals surface area contributed by atoms with Gasteiger partial charge in [0.1, 0.15) is 12.4 Å². The number of aromatic nitrogens is 2. The van der Waals surface area contributed by atoms with Crippen LogP contribution in [0.4, 0.5) is 5.82 Å². The summed E-state index contributed by atoms with van der Waals surface area (Å²) in [4.78, 5) is 13.0. The average molecular weight is 371 g/mol. The van der Waals surface area contributed by atoms with Crippen LogP contribution in [0.1, 0.15) is 26.5 Å². The van der Waals surface area contributed by atoms with Crippen molar-refractivity contribution in [3.05, 3.63) is 57.4 Å². The van der Waals surface area contributed by atoms with Gasteiger partial charge in [-0.3, -0.25) is 9.48 Å². The average Bonchev–Trinajstić information content (AvgIpc) is 3.20. The first kappa shape index (κ1) is 18.0. The Kier molecular flexibility index (Phi) is 5.27. The molecule has 1 aromatic carbocycles. The van der Waals surface area contributed by atoms with Crippen LogP contribution >= 0.6 is 11.3 Å². The fraction of sp³-hybridized carbons (Fsp3) is 0.263. The summed E-state index contributed by atoms with van der Waals surface area (Å²) in [5.74, 6) is 1.89. The van der Waals surface area contributed by atoms with Gasteiger partial charge in [-0.25, -0.2) is 0 Å². The summed E-state index contributed by atoms with van der Waals surface area (Å²) in [6.45, 7) is 4.25. The predicted molar refractivity (Wildman–Crippen MR) is 102 cm³/mol. The van der Waals surface area contributed by atoms with Gasteiger partial charge in [-0.05, 0) is 43.0 Å². The summed E-state index contributed by atoms with van der Waals surface area (Å²) in [7, 11) is 3.42. The van der Waals surface area contributed by atoms with Crippen molar-refractivity contribution < 1.29 is 14.3 Å². The molecule has 0 saturated heterocycles. The number of thiophene rings is 1. The predicted octanol–water partition coefficient (Wildman–Crippen LogP) is 3.94. The molecule has 3 aromatic rings. The van der Waals surface area contributed by atoms with Crippen LogP contribution < -0.4 is 14.8 Å². The van der Waals surface area contributed by atoms with E-state index in [1.54, 1.807) is 18.8 Å². The van der Waals surface area contributed by atoms with Crippen molar-refractivity contribution in [2.45, 2.75) is 20.5 Å². The Bertz CT molecular complexity index is 930. The first-order valence-electron chi connectivity index (χ1n) is 8.13. The molecule has 136 valence electrons. The summed E-state index contributed by atoms with van der Waals surface area (Å²) in [6.07, 6.45) is 0. The molecule has 0 radical (unpaired) electrons. The zero-order valence-electron chi connectivity index (χ0n) is 15.2. The monoisotopic (exact) mass is 371 g/mol. The lowest BCUT2D eigenvalue weighted by Gasteiger charge is -2.10. The number of ether oxygens (including phenoxy) is 2. The van der Waals surface area contributed by atoms with Gasteiger partial charge in [-0.15, -0.1) is 11.3 Å². The lowest BCUT2D eigenvalue weighted by molar-refractivity contribution is 0.102. The van der Waals surface area contributed by atoms with Gasteiger partial charge in [-0.1, -0.05) is 6.07 Å². The van der Waals surface area contributed by atoms with Crippen molar-refractivity contribution in [1.82, 2.24) is 9.78 Å². The fourth-order valence-corrected chi connectivity index (χ4v) is 3.32. The Labute approximate surface area is 156 Å². The van der Waals surface area contributed by atoms with Gasteiger partial charge in [0.25, 0.3) is 5.91 Å². The third-order valence-electron chi connectivity index (χ3n) is 3.83. The van der Waals surface area contributed by atoms with Gasteiger partial charge < -0.3 is 14.8 Å². The van der Waals surface area contributed by atoms with Crippen molar-refractivity contribution in [3.8, 4) is 11.5 Å². The SMILES string of the molecule is COc1cc(C)ccc1OCc1csc(C(=O)Nc2cc(C)nn2C)c1. The van der Waals surface area contributed by atoms with Gasteiger partial charge in [0, 0.05) is 18.7 Å². The Balaban J connectivity index is 1.64. The number of amides is 1.